The Balaban J connectivity index is 1.66. The summed E-state index contributed by atoms with van der Waals surface area (Å²) in [6.07, 6.45) is 5.01. The molecular formula is C20H22N2O3. The van der Waals surface area contributed by atoms with Gasteiger partial charge in [0.25, 0.3) is 0 Å². The summed E-state index contributed by atoms with van der Waals surface area (Å²) in [4.78, 5) is 30.1. The fourth-order valence-corrected chi connectivity index (χ4v) is 3.51. The van der Waals surface area contributed by atoms with Gasteiger partial charge in [0.15, 0.2) is 0 Å². The Kier molecular flexibility index (Phi) is 5.12. The van der Waals surface area contributed by atoms with Crippen LogP contribution in [0.15, 0.2) is 48.8 Å². The van der Waals surface area contributed by atoms with Gasteiger partial charge in [-0.3, -0.25) is 9.78 Å². The van der Waals surface area contributed by atoms with E-state index in [-0.39, 0.29) is 17.7 Å². The minimum absolute atomic E-state index is 0.109. The van der Waals surface area contributed by atoms with Crippen molar-refractivity contribution in [3.63, 3.8) is 0 Å². The predicted molar refractivity (Wildman–Crippen MR) is 94.6 cm³/mol. The highest BCUT2D eigenvalue weighted by Crippen LogP contribution is 2.31. The molecule has 1 aliphatic heterocycles. The molecule has 1 aromatic carbocycles. The highest BCUT2D eigenvalue weighted by Gasteiger charge is 2.29. The third kappa shape index (κ3) is 3.71. The van der Waals surface area contributed by atoms with E-state index in [1.165, 1.54) is 0 Å². The Labute approximate surface area is 147 Å². The average Bonchev–Trinajstić information content (AvgIpc) is 2.67. The summed E-state index contributed by atoms with van der Waals surface area (Å²) in [7, 11) is 0. The molecule has 130 valence electrons. The fraction of sp³-hybridized carbons (Fsp3) is 0.350. The number of carboxylic acids is 1. The number of hydrogen-bond donors (Lipinski definition) is 1. The molecule has 2 aromatic rings. The number of likely N-dealkylation sites (tertiary alicyclic amines) is 1. The molecule has 0 bridgehead atoms. The smallest absolute Gasteiger partial charge is 0.335 e. The number of aromatic nitrogens is 1. The predicted octanol–water partition coefficient (Wildman–Crippen LogP) is 3.29. The maximum atomic E-state index is 12.7. The number of nitrogens with zero attached hydrogens (tertiary/aromatic N) is 2. The first-order valence-corrected chi connectivity index (χ1v) is 8.59. The molecule has 2 heterocycles. The van der Waals surface area contributed by atoms with Gasteiger partial charge in [0.05, 0.1) is 11.5 Å². The number of rotatable bonds is 4. The third-order valence-corrected chi connectivity index (χ3v) is 4.99. The molecule has 0 radical (unpaired) electrons. The molecule has 5 nitrogen and oxygen atoms in total. The van der Waals surface area contributed by atoms with Crippen molar-refractivity contribution in [2.24, 2.45) is 0 Å². The minimum atomic E-state index is -0.890. The van der Waals surface area contributed by atoms with Crippen LogP contribution in [0.25, 0.3) is 0 Å². The van der Waals surface area contributed by atoms with Gasteiger partial charge in [-0.25, -0.2) is 4.79 Å². The van der Waals surface area contributed by atoms with Crippen LogP contribution < -0.4 is 0 Å². The summed E-state index contributed by atoms with van der Waals surface area (Å²) in [6.45, 7) is 3.22. The number of carboxylic acid groups (broad SMARTS) is 1. The van der Waals surface area contributed by atoms with E-state index in [0.717, 1.165) is 24.0 Å². The number of amides is 1. The van der Waals surface area contributed by atoms with Gasteiger partial charge in [-0.2, -0.15) is 0 Å². The third-order valence-electron chi connectivity index (χ3n) is 4.99. The summed E-state index contributed by atoms with van der Waals surface area (Å²) in [5.41, 5.74) is 2.17. The topological polar surface area (TPSA) is 70.5 Å². The number of benzene rings is 1. The quantitative estimate of drug-likeness (QED) is 0.928. The van der Waals surface area contributed by atoms with Gasteiger partial charge >= 0.3 is 5.97 Å². The zero-order valence-electron chi connectivity index (χ0n) is 14.3. The minimum Gasteiger partial charge on any atom is -0.478 e. The van der Waals surface area contributed by atoms with Crippen LogP contribution in [0.1, 0.15) is 53.1 Å². The van der Waals surface area contributed by atoms with Gasteiger partial charge in [0, 0.05) is 25.5 Å². The molecule has 3 rings (SSSR count). The van der Waals surface area contributed by atoms with Gasteiger partial charge in [0.1, 0.15) is 0 Å². The van der Waals surface area contributed by atoms with Crippen molar-refractivity contribution >= 4 is 11.9 Å². The summed E-state index contributed by atoms with van der Waals surface area (Å²) in [5, 5.41) is 9.36. The number of carbonyl (C=O) groups is 2. The maximum Gasteiger partial charge on any atom is 0.335 e. The van der Waals surface area contributed by atoms with Crippen molar-refractivity contribution in [3.8, 4) is 0 Å². The van der Waals surface area contributed by atoms with Crippen molar-refractivity contribution < 1.29 is 14.7 Å². The number of aromatic carboxylic acids is 1. The second-order valence-corrected chi connectivity index (χ2v) is 6.50. The van der Waals surface area contributed by atoms with Crippen LogP contribution in [0, 0.1) is 0 Å². The lowest BCUT2D eigenvalue weighted by Crippen LogP contribution is -2.40. The van der Waals surface area contributed by atoms with Crippen LogP contribution in [-0.4, -0.2) is 40.0 Å². The SMILES string of the molecule is CC(C(=O)N1CCC(c2ccccc2C(=O)O)CC1)c1cccnc1. The normalized spacial score (nSPS) is 16.4. The van der Waals surface area contributed by atoms with Crippen molar-refractivity contribution in [2.45, 2.75) is 31.6 Å². The van der Waals surface area contributed by atoms with E-state index in [9.17, 15) is 14.7 Å². The first-order valence-electron chi connectivity index (χ1n) is 8.59. The monoisotopic (exact) mass is 338 g/mol. The zero-order valence-corrected chi connectivity index (χ0v) is 14.3. The molecule has 1 saturated heterocycles. The molecule has 1 fully saturated rings. The van der Waals surface area contributed by atoms with Crippen molar-refractivity contribution in [3.05, 3.63) is 65.5 Å². The first-order chi connectivity index (χ1) is 12.1. The fourth-order valence-electron chi connectivity index (χ4n) is 3.51. The Morgan fingerprint density at radius 2 is 1.88 bits per heavy atom. The van der Waals surface area contributed by atoms with Crippen LogP contribution in [0.3, 0.4) is 0 Å². The van der Waals surface area contributed by atoms with E-state index in [2.05, 4.69) is 4.98 Å². The number of pyridine rings is 1. The molecule has 1 aliphatic rings. The van der Waals surface area contributed by atoms with E-state index in [0.29, 0.717) is 18.7 Å². The van der Waals surface area contributed by atoms with Crippen LogP contribution in [0.5, 0.6) is 0 Å². The lowest BCUT2D eigenvalue weighted by molar-refractivity contribution is -0.133. The maximum absolute atomic E-state index is 12.7. The summed E-state index contributed by atoms with van der Waals surface area (Å²) in [6, 6.07) is 10.9. The molecule has 25 heavy (non-hydrogen) atoms. The number of carbonyl (C=O) groups excluding carboxylic acids is 1. The van der Waals surface area contributed by atoms with Crippen LogP contribution in [0.2, 0.25) is 0 Å². The Morgan fingerprint density at radius 3 is 2.52 bits per heavy atom. The van der Waals surface area contributed by atoms with Gasteiger partial charge in [-0.05, 0) is 48.9 Å². The van der Waals surface area contributed by atoms with Gasteiger partial charge in [-0.15, -0.1) is 0 Å². The lowest BCUT2D eigenvalue weighted by Gasteiger charge is -2.34. The van der Waals surface area contributed by atoms with Crippen molar-refractivity contribution in [2.75, 3.05) is 13.1 Å². The van der Waals surface area contributed by atoms with Crippen LogP contribution in [0.4, 0.5) is 0 Å². The molecule has 1 amide bonds. The summed E-state index contributed by atoms with van der Waals surface area (Å²) < 4.78 is 0. The Bertz CT molecular complexity index is 753. The Morgan fingerprint density at radius 1 is 1.16 bits per heavy atom. The van der Waals surface area contributed by atoms with E-state index >= 15 is 0 Å². The van der Waals surface area contributed by atoms with Gasteiger partial charge in [-0.1, -0.05) is 24.3 Å². The summed E-state index contributed by atoms with van der Waals surface area (Å²) >= 11 is 0. The standard InChI is InChI=1S/C20H22N2O3/c1-14(16-5-4-10-21-13-16)19(23)22-11-8-15(9-12-22)17-6-2-3-7-18(17)20(24)25/h2-7,10,13-15H,8-9,11-12H2,1H3,(H,24,25). The largest absolute Gasteiger partial charge is 0.478 e. The van der Waals surface area contributed by atoms with Gasteiger partial charge < -0.3 is 10.0 Å². The van der Waals surface area contributed by atoms with E-state index in [4.69, 9.17) is 0 Å². The molecule has 1 aromatic heterocycles. The second kappa shape index (κ2) is 7.47. The average molecular weight is 338 g/mol. The first kappa shape index (κ1) is 17.1. The van der Waals surface area contributed by atoms with E-state index in [1.54, 1.807) is 24.5 Å². The zero-order chi connectivity index (χ0) is 17.8. The molecule has 5 heteroatoms. The highest BCUT2D eigenvalue weighted by atomic mass is 16.4. The van der Waals surface area contributed by atoms with Crippen molar-refractivity contribution in [1.82, 2.24) is 9.88 Å². The molecule has 1 atom stereocenters. The Hall–Kier alpha value is -2.69. The number of piperidine rings is 1. The molecule has 1 N–H and O–H groups in total. The van der Waals surface area contributed by atoms with E-state index < -0.39 is 5.97 Å². The van der Waals surface area contributed by atoms with E-state index in [1.807, 2.05) is 36.1 Å². The van der Waals surface area contributed by atoms with Gasteiger partial charge in [0.2, 0.25) is 5.91 Å². The lowest BCUT2D eigenvalue weighted by atomic mass is 9.86. The van der Waals surface area contributed by atoms with Crippen molar-refractivity contribution in [1.29, 1.82) is 0 Å². The molecule has 0 spiro atoms. The highest BCUT2D eigenvalue weighted by molar-refractivity contribution is 5.89. The molecule has 0 saturated carbocycles. The van der Waals surface area contributed by atoms with Crippen LogP contribution in [-0.2, 0) is 4.79 Å². The second-order valence-electron chi connectivity index (χ2n) is 6.50. The number of hydrogen-bond acceptors (Lipinski definition) is 3. The molecular weight excluding hydrogens is 316 g/mol. The molecule has 1 unspecified atom stereocenters. The summed E-state index contributed by atoms with van der Waals surface area (Å²) in [5.74, 6) is -0.807. The van der Waals surface area contributed by atoms with Crippen LogP contribution >= 0.6 is 0 Å². The molecule has 0 aliphatic carbocycles.